The average molecular weight is 498 g/mol. The molecule has 2 aromatic carbocycles. The Kier molecular flexibility index (Phi) is 7.64. The zero-order valence-electron chi connectivity index (χ0n) is 19.5. The number of ether oxygens (including phenoxy) is 3. The molecule has 0 saturated heterocycles. The summed E-state index contributed by atoms with van der Waals surface area (Å²) in [4.78, 5) is 28.1. The maximum atomic E-state index is 12.8. The fraction of sp³-hybridized carbons (Fsp3) is 0.320. The largest absolute Gasteiger partial charge is 0.487 e. The molecular weight excluding hydrogens is 470 g/mol. The Hall–Kier alpha value is -3.47. The van der Waals surface area contributed by atoms with Crippen molar-refractivity contribution in [3.63, 3.8) is 0 Å². The van der Waals surface area contributed by atoms with Crippen LogP contribution >= 0.6 is 11.3 Å². The van der Waals surface area contributed by atoms with E-state index in [9.17, 15) is 9.59 Å². The van der Waals surface area contributed by atoms with Gasteiger partial charge in [-0.25, -0.2) is 9.78 Å². The fourth-order valence-corrected chi connectivity index (χ4v) is 4.58. The van der Waals surface area contributed by atoms with E-state index in [0.717, 1.165) is 17.5 Å². The summed E-state index contributed by atoms with van der Waals surface area (Å²) in [5.74, 6) is 0.345. The van der Waals surface area contributed by atoms with Gasteiger partial charge in [-0.3, -0.25) is 4.79 Å². The van der Waals surface area contributed by atoms with E-state index < -0.39 is 11.5 Å². The highest BCUT2D eigenvalue weighted by Gasteiger charge is 2.35. The molecule has 3 aromatic rings. The molecule has 0 unspecified atom stereocenters. The zero-order valence-corrected chi connectivity index (χ0v) is 20.3. The number of hydrogen-bond acceptors (Lipinski definition) is 8. The minimum atomic E-state index is -1.01. The van der Waals surface area contributed by atoms with Gasteiger partial charge in [-0.2, -0.15) is 0 Å². The van der Waals surface area contributed by atoms with Gasteiger partial charge in [-0.05, 0) is 60.9 Å². The standard InChI is InChI=1S/C25H27N3O6S/c1-25(15-22(29)28-24-26-9-12-35-24)19-14-21(34-18-5-3-16(4-6-18)23(30)31)20(33-11-10-32-2)13-17(19)7-8-27-25/h3-6,9,12-14,27H,7-8,10-11,15H2,1-2H3,(H,30,31)(H,26,28,29)/t25-/m1/s1. The van der Waals surface area contributed by atoms with Gasteiger partial charge >= 0.3 is 5.97 Å². The Morgan fingerprint density at radius 1 is 1.20 bits per heavy atom. The minimum absolute atomic E-state index is 0.144. The first-order valence-electron chi connectivity index (χ1n) is 11.1. The van der Waals surface area contributed by atoms with Gasteiger partial charge in [0.25, 0.3) is 0 Å². The van der Waals surface area contributed by atoms with Crippen molar-refractivity contribution in [3.05, 3.63) is 64.7 Å². The van der Waals surface area contributed by atoms with Crippen molar-refractivity contribution in [2.24, 2.45) is 0 Å². The molecule has 3 N–H and O–H groups in total. The van der Waals surface area contributed by atoms with Crippen molar-refractivity contribution in [2.45, 2.75) is 25.3 Å². The summed E-state index contributed by atoms with van der Waals surface area (Å²) in [6.07, 6.45) is 2.62. The van der Waals surface area contributed by atoms with Gasteiger partial charge in [0, 0.05) is 37.2 Å². The number of fused-ring (bicyclic) bond motifs is 1. The number of carboxylic acids is 1. The topological polar surface area (TPSA) is 119 Å². The number of benzene rings is 2. The monoisotopic (exact) mass is 497 g/mol. The number of anilines is 1. The van der Waals surface area contributed by atoms with Crippen LogP contribution in [0.15, 0.2) is 48.0 Å². The van der Waals surface area contributed by atoms with Crippen LogP contribution in [0.2, 0.25) is 0 Å². The van der Waals surface area contributed by atoms with Gasteiger partial charge in [0.2, 0.25) is 5.91 Å². The van der Waals surface area contributed by atoms with Crippen LogP contribution in [0.5, 0.6) is 17.2 Å². The second-order valence-electron chi connectivity index (χ2n) is 8.30. The van der Waals surface area contributed by atoms with Crippen LogP contribution < -0.4 is 20.1 Å². The molecule has 1 aliphatic heterocycles. The van der Waals surface area contributed by atoms with Crippen LogP contribution in [-0.2, 0) is 21.5 Å². The number of carboxylic acid groups (broad SMARTS) is 1. The van der Waals surface area contributed by atoms with Gasteiger partial charge < -0.3 is 30.0 Å². The molecule has 0 bridgehead atoms. The lowest BCUT2D eigenvalue weighted by Gasteiger charge is -2.37. The van der Waals surface area contributed by atoms with Crippen molar-refractivity contribution in [3.8, 4) is 17.2 Å². The fourth-order valence-electron chi connectivity index (χ4n) is 4.04. The molecule has 4 rings (SSSR count). The molecule has 0 radical (unpaired) electrons. The van der Waals surface area contributed by atoms with Crippen LogP contribution in [0.3, 0.4) is 0 Å². The van der Waals surface area contributed by atoms with E-state index in [1.807, 2.05) is 24.4 Å². The highest BCUT2D eigenvalue weighted by Crippen LogP contribution is 2.41. The average Bonchev–Trinajstić information content (AvgIpc) is 3.33. The Bertz CT molecular complexity index is 1180. The molecule has 0 fully saturated rings. The highest BCUT2D eigenvalue weighted by molar-refractivity contribution is 7.13. The van der Waals surface area contributed by atoms with Crippen molar-refractivity contribution in [1.29, 1.82) is 0 Å². The van der Waals surface area contributed by atoms with Crippen molar-refractivity contribution >= 4 is 28.3 Å². The number of hydrogen-bond donors (Lipinski definition) is 3. The van der Waals surface area contributed by atoms with Crippen LogP contribution in [-0.4, -0.2) is 48.8 Å². The molecule has 35 heavy (non-hydrogen) atoms. The molecule has 9 nitrogen and oxygen atoms in total. The lowest BCUT2D eigenvalue weighted by molar-refractivity contribution is -0.117. The minimum Gasteiger partial charge on any atom is -0.487 e. The van der Waals surface area contributed by atoms with Crippen molar-refractivity contribution < 1.29 is 28.9 Å². The number of methoxy groups -OCH3 is 1. The number of aromatic carboxylic acids is 1. The lowest BCUT2D eigenvalue weighted by atomic mass is 9.81. The number of nitrogens with one attached hydrogen (secondary N) is 2. The zero-order chi connectivity index (χ0) is 24.8. The van der Waals surface area contributed by atoms with E-state index in [-0.39, 0.29) is 17.9 Å². The third kappa shape index (κ3) is 5.97. The number of aromatic nitrogens is 1. The van der Waals surface area contributed by atoms with Crippen LogP contribution in [0.1, 0.15) is 34.8 Å². The van der Waals surface area contributed by atoms with Gasteiger partial charge in [0.05, 0.1) is 12.2 Å². The van der Waals surface area contributed by atoms with Gasteiger partial charge in [0.1, 0.15) is 12.4 Å². The molecule has 1 amide bonds. The lowest BCUT2D eigenvalue weighted by Crippen LogP contribution is -2.47. The van der Waals surface area contributed by atoms with Gasteiger partial charge in [-0.1, -0.05) is 0 Å². The Labute approximate surface area is 207 Å². The second-order valence-corrected chi connectivity index (χ2v) is 9.19. The Morgan fingerprint density at radius 3 is 2.69 bits per heavy atom. The Morgan fingerprint density at radius 2 is 2.00 bits per heavy atom. The summed E-state index contributed by atoms with van der Waals surface area (Å²) < 4.78 is 17.2. The van der Waals surface area contributed by atoms with Crippen molar-refractivity contribution in [1.82, 2.24) is 10.3 Å². The summed E-state index contributed by atoms with van der Waals surface area (Å²) >= 11 is 1.37. The molecule has 10 heteroatoms. The van der Waals surface area contributed by atoms with Crippen LogP contribution in [0.4, 0.5) is 5.13 Å². The first-order valence-corrected chi connectivity index (χ1v) is 12.0. The van der Waals surface area contributed by atoms with E-state index in [1.54, 1.807) is 25.4 Å². The van der Waals surface area contributed by atoms with Gasteiger partial charge in [0.15, 0.2) is 16.6 Å². The number of amides is 1. The number of nitrogens with zero attached hydrogens (tertiary/aromatic N) is 1. The van der Waals surface area contributed by atoms with E-state index in [4.69, 9.17) is 19.3 Å². The van der Waals surface area contributed by atoms with E-state index in [1.165, 1.54) is 23.5 Å². The molecule has 1 atom stereocenters. The van der Waals surface area contributed by atoms with Crippen LogP contribution in [0, 0.1) is 0 Å². The smallest absolute Gasteiger partial charge is 0.335 e. The Balaban J connectivity index is 1.64. The van der Waals surface area contributed by atoms with Crippen molar-refractivity contribution in [2.75, 3.05) is 32.2 Å². The normalized spacial score (nSPS) is 16.9. The number of carbonyl (C=O) groups is 2. The predicted octanol–water partition coefficient (Wildman–Crippen LogP) is 4.05. The number of rotatable bonds is 10. The summed E-state index contributed by atoms with van der Waals surface area (Å²) in [5, 5.41) is 17.9. The molecule has 1 aliphatic rings. The summed E-state index contributed by atoms with van der Waals surface area (Å²) in [6, 6.07) is 10.0. The molecule has 184 valence electrons. The highest BCUT2D eigenvalue weighted by atomic mass is 32.1. The molecule has 2 heterocycles. The molecule has 0 spiro atoms. The van der Waals surface area contributed by atoms with Crippen LogP contribution in [0.25, 0.3) is 0 Å². The first-order chi connectivity index (χ1) is 16.9. The molecule has 0 aliphatic carbocycles. The number of thiazole rings is 1. The van der Waals surface area contributed by atoms with E-state index >= 15 is 0 Å². The van der Waals surface area contributed by atoms with Gasteiger partial charge in [-0.15, -0.1) is 11.3 Å². The van der Waals surface area contributed by atoms with E-state index in [2.05, 4.69) is 15.6 Å². The van der Waals surface area contributed by atoms with E-state index in [0.29, 0.717) is 42.1 Å². The second kappa shape index (κ2) is 10.9. The molecule has 1 aromatic heterocycles. The molecular formula is C25H27N3O6S. The third-order valence-electron chi connectivity index (χ3n) is 5.74. The predicted molar refractivity (Wildman–Crippen MR) is 132 cm³/mol. The maximum Gasteiger partial charge on any atom is 0.335 e. The number of carbonyl (C=O) groups excluding carboxylic acids is 1. The summed E-state index contributed by atoms with van der Waals surface area (Å²) in [5.41, 5.74) is 1.54. The molecule has 0 saturated carbocycles. The summed E-state index contributed by atoms with van der Waals surface area (Å²) in [6.45, 7) is 3.46. The maximum absolute atomic E-state index is 12.8. The third-order valence-corrected chi connectivity index (χ3v) is 6.43. The SMILES string of the molecule is COCCOc1cc2c(cc1Oc1ccc(C(=O)O)cc1)[C@@](C)(CC(=O)Nc1nccs1)NCC2. The first kappa shape index (κ1) is 24.6. The quantitative estimate of drug-likeness (QED) is 0.359. The summed E-state index contributed by atoms with van der Waals surface area (Å²) in [7, 11) is 1.60.